The van der Waals surface area contributed by atoms with E-state index < -0.39 is 6.10 Å². The molecule has 0 bridgehead atoms. The average Bonchev–Trinajstić information content (AvgIpc) is 2.49. The Balaban J connectivity index is 2.40. The minimum absolute atomic E-state index is 0.000379. The lowest BCUT2D eigenvalue weighted by Gasteiger charge is -2.14. The Morgan fingerprint density at radius 2 is 2.19 bits per heavy atom. The highest BCUT2D eigenvalue weighted by atomic mass is 32.1. The largest absolute Gasteiger partial charge is 0.390 e. The van der Waals surface area contributed by atoms with E-state index in [1.807, 2.05) is 12.3 Å². The van der Waals surface area contributed by atoms with Crippen LogP contribution in [0.5, 0.6) is 0 Å². The number of aliphatic hydroxyl groups is 1. The summed E-state index contributed by atoms with van der Waals surface area (Å²) >= 11 is 1.18. The number of rotatable bonds is 6. The summed E-state index contributed by atoms with van der Waals surface area (Å²) in [4.78, 5) is 11.4. The Morgan fingerprint density at radius 1 is 1.50 bits per heavy atom. The van der Waals surface area contributed by atoms with Crippen LogP contribution in [-0.2, 0) is 6.54 Å². The Bertz CT molecular complexity index is 370. The Kier molecular flexibility index (Phi) is 5.18. The monoisotopic (exact) mass is 244 g/mol. The summed E-state index contributed by atoms with van der Waals surface area (Å²) in [6, 6.07) is 0. The molecule has 1 aromatic heterocycles. The molecule has 0 saturated heterocycles. The molecule has 16 heavy (non-hydrogen) atoms. The molecular weight excluding hydrogens is 224 g/mol. The molecule has 1 atom stereocenters. The van der Waals surface area contributed by atoms with Gasteiger partial charge < -0.3 is 15.0 Å². The van der Waals surface area contributed by atoms with E-state index in [2.05, 4.69) is 19.2 Å². The first-order valence-electron chi connectivity index (χ1n) is 5.54. The zero-order valence-electron chi connectivity index (χ0n) is 10.1. The number of nitrogens with zero attached hydrogens (tertiary/aromatic N) is 1. The van der Waals surface area contributed by atoms with E-state index in [4.69, 9.17) is 0 Å². The molecule has 0 radical (unpaired) electrons. The third-order valence-electron chi connectivity index (χ3n) is 2.30. The van der Waals surface area contributed by atoms with Crippen LogP contribution in [0.15, 0.2) is 10.2 Å². The lowest BCUT2D eigenvalue weighted by atomic mass is 10.2. The van der Waals surface area contributed by atoms with Gasteiger partial charge in [-0.3, -0.25) is 4.79 Å². The molecule has 0 aliphatic heterocycles. The predicted molar refractivity (Wildman–Crippen MR) is 67.0 cm³/mol. The van der Waals surface area contributed by atoms with E-state index in [-0.39, 0.29) is 4.87 Å². The van der Waals surface area contributed by atoms with Crippen molar-refractivity contribution in [3.8, 4) is 0 Å². The third-order valence-corrected chi connectivity index (χ3v) is 3.18. The fourth-order valence-corrected chi connectivity index (χ4v) is 2.18. The topological polar surface area (TPSA) is 54.3 Å². The van der Waals surface area contributed by atoms with Crippen molar-refractivity contribution < 1.29 is 5.11 Å². The Hall–Kier alpha value is -0.650. The number of hydrogen-bond donors (Lipinski definition) is 2. The van der Waals surface area contributed by atoms with Gasteiger partial charge in [-0.05, 0) is 19.4 Å². The number of aryl methyl sites for hydroxylation is 1. The molecule has 1 unspecified atom stereocenters. The molecule has 1 rings (SSSR count). The molecule has 0 aliphatic carbocycles. The van der Waals surface area contributed by atoms with Gasteiger partial charge >= 0.3 is 4.87 Å². The van der Waals surface area contributed by atoms with Gasteiger partial charge in [0.15, 0.2) is 0 Å². The molecule has 0 fully saturated rings. The summed E-state index contributed by atoms with van der Waals surface area (Å²) < 4.78 is 1.62. The van der Waals surface area contributed by atoms with Crippen LogP contribution < -0.4 is 10.2 Å². The zero-order chi connectivity index (χ0) is 12.1. The van der Waals surface area contributed by atoms with Gasteiger partial charge in [0.1, 0.15) is 0 Å². The van der Waals surface area contributed by atoms with E-state index in [9.17, 15) is 9.90 Å². The SMILES string of the molecule is Cc1csc(=O)n1CC(O)CNCC(C)C. The molecule has 4 nitrogen and oxygen atoms in total. The highest BCUT2D eigenvalue weighted by Gasteiger charge is 2.09. The van der Waals surface area contributed by atoms with Crippen LogP contribution in [0.4, 0.5) is 0 Å². The van der Waals surface area contributed by atoms with Crippen LogP contribution in [0.25, 0.3) is 0 Å². The van der Waals surface area contributed by atoms with Crippen LogP contribution in [0, 0.1) is 12.8 Å². The first-order chi connectivity index (χ1) is 7.50. The van der Waals surface area contributed by atoms with Gasteiger partial charge in [-0.15, -0.1) is 0 Å². The van der Waals surface area contributed by atoms with Gasteiger partial charge in [-0.2, -0.15) is 0 Å². The second-order valence-electron chi connectivity index (χ2n) is 4.46. The Labute approximate surface area is 99.9 Å². The molecule has 92 valence electrons. The summed E-state index contributed by atoms with van der Waals surface area (Å²) in [6.45, 7) is 7.90. The molecule has 0 amide bonds. The van der Waals surface area contributed by atoms with Crippen molar-refractivity contribution in [3.63, 3.8) is 0 Å². The molecule has 0 aromatic carbocycles. The van der Waals surface area contributed by atoms with Crippen molar-refractivity contribution in [2.75, 3.05) is 13.1 Å². The Morgan fingerprint density at radius 3 is 2.69 bits per heavy atom. The molecule has 0 saturated carbocycles. The van der Waals surface area contributed by atoms with E-state index >= 15 is 0 Å². The number of thiazole rings is 1. The fourth-order valence-electron chi connectivity index (χ4n) is 1.44. The van der Waals surface area contributed by atoms with Crippen molar-refractivity contribution in [1.82, 2.24) is 9.88 Å². The molecule has 1 aromatic rings. The normalized spacial score (nSPS) is 13.3. The van der Waals surface area contributed by atoms with Gasteiger partial charge in [0, 0.05) is 17.6 Å². The highest BCUT2D eigenvalue weighted by molar-refractivity contribution is 7.07. The number of aromatic nitrogens is 1. The second-order valence-corrected chi connectivity index (χ2v) is 5.28. The minimum Gasteiger partial charge on any atom is -0.390 e. The summed E-state index contributed by atoms with van der Waals surface area (Å²) in [7, 11) is 0. The van der Waals surface area contributed by atoms with Crippen molar-refractivity contribution in [3.05, 3.63) is 20.7 Å². The second kappa shape index (κ2) is 6.18. The van der Waals surface area contributed by atoms with E-state index in [0.29, 0.717) is 19.0 Å². The number of hydrogen-bond acceptors (Lipinski definition) is 4. The van der Waals surface area contributed by atoms with Crippen molar-refractivity contribution >= 4 is 11.3 Å². The van der Waals surface area contributed by atoms with Crippen LogP contribution in [0.1, 0.15) is 19.5 Å². The first kappa shape index (κ1) is 13.4. The van der Waals surface area contributed by atoms with Crippen LogP contribution >= 0.6 is 11.3 Å². The average molecular weight is 244 g/mol. The van der Waals surface area contributed by atoms with Gasteiger partial charge in [0.2, 0.25) is 0 Å². The fraction of sp³-hybridized carbons (Fsp3) is 0.727. The minimum atomic E-state index is -0.509. The molecule has 5 heteroatoms. The molecule has 2 N–H and O–H groups in total. The quantitative estimate of drug-likeness (QED) is 0.779. The summed E-state index contributed by atoms with van der Waals surface area (Å²) in [5.74, 6) is 0.567. The summed E-state index contributed by atoms with van der Waals surface area (Å²) in [6.07, 6.45) is -0.509. The van der Waals surface area contributed by atoms with Crippen molar-refractivity contribution in [2.45, 2.75) is 33.4 Å². The summed E-state index contributed by atoms with van der Waals surface area (Å²) in [5.41, 5.74) is 0.915. The van der Waals surface area contributed by atoms with Gasteiger partial charge in [0.25, 0.3) is 0 Å². The van der Waals surface area contributed by atoms with Crippen molar-refractivity contribution in [1.29, 1.82) is 0 Å². The lowest BCUT2D eigenvalue weighted by molar-refractivity contribution is 0.149. The molecule has 0 spiro atoms. The lowest BCUT2D eigenvalue weighted by Crippen LogP contribution is -2.34. The van der Waals surface area contributed by atoms with E-state index in [1.165, 1.54) is 11.3 Å². The standard InChI is InChI=1S/C11H20N2O2S/c1-8(2)4-12-5-10(14)6-13-9(3)7-16-11(13)15/h7-8,10,12,14H,4-6H2,1-3H3. The highest BCUT2D eigenvalue weighted by Crippen LogP contribution is 2.00. The van der Waals surface area contributed by atoms with Gasteiger partial charge in [0.05, 0.1) is 12.6 Å². The predicted octanol–water partition coefficient (Wildman–Crippen LogP) is 0.825. The van der Waals surface area contributed by atoms with Gasteiger partial charge in [-0.1, -0.05) is 25.2 Å². The van der Waals surface area contributed by atoms with Gasteiger partial charge in [-0.25, -0.2) is 0 Å². The van der Waals surface area contributed by atoms with Crippen LogP contribution in [0.2, 0.25) is 0 Å². The number of nitrogens with one attached hydrogen (secondary N) is 1. The first-order valence-corrected chi connectivity index (χ1v) is 6.42. The van der Waals surface area contributed by atoms with E-state index in [1.54, 1.807) is 4.57 Å². The summed E-state index contributed by atoms with van der Waals surface area (Å²) in [5, 5.41) is 14.8. The zero-order valence-corrected chi connectivity index (χ0v) is 10.9. The smallest absolute Gasteiger partial charge is 0.307 e. The maximum Gasteiger partial charge on any atom is 0.307 e. The molecule has 0 aliphatic rings. The molecular formula is C11H20N2O2S. The van der Waals surface area contributed by atoms with Crippen LogP contribution in [-0.4, -0.2) is 28.9 Å². The molecule has 1 heterocycles. The maximum atomic E-state index is 11.4. The van der Waals surface area contributed by atoms with Crippen LogP contribution in [0.3, 0.4) is 0 Å². The van der Waals surface area contributed by atoms with E-state index in [0.717, 1.165) is 12.2 Å². The maximum absolute atomic E-state index is 11.4. The number of aliphatic hydroxyl groups excluding tert-OH is 1. The third kappa shape index (κ3) is 4.08. The van der Waals surface area contributed by atoms with Crippen molar-refractivity contribution in [2.24, 2.45) is 5.92 Å².